The predicted molar refractivity (Wildman–Crippen MR) is 301 cm³/mol. The second-order valence-corrected chi connectivity index (χ2v) is 26.3. The number of ketones is 2. The van der Waals surface area contributed by atoms with Crippen molar-refractivity contribution in [3.8, 4) is 0 Å². The molecule has 0 spiro atoms. The number of nitrogens with one attached hydrogen (secondary N) is 4. The Kier molecular flexibility index (Phi) is 18.7. The molecule has 0 fully saturated rings. The van der Waals surface area contributed by atoms with Crippen LogP contribution in [0.25, 0.3) is 27.1 Å². The molecule has 1 aliphatic heterocycles. The average Bonchev–Trinajstić information content (AvgIpc) is 3.34. The zero-order valence-electron chi connectivity index (χ0n) is 44.3. The molecule has 2 atom stereocenters. The molecule has 4 aromatic carbocycles. The van der Waals surface area contributed by atoms with Crippen molar-refractivity contribution in [3.63, 3.8) is 0 Å². The summed E-state index contributed by atoms with van der Waals surface area (Å²) < 4.78 is 37.2. The van der Waals surface area contributed by atoms with E-state index in [1.807, 2.05) is 31.2 Å². The number of anilines is 1. The van der Waals surface area contributed by atoms with Crippen molar-refractivity contribution in [2.24, 2.45) is 0 Å². The first-order valence-corrected chi connectivity index (χ1v) is 30.0. The van der Waals surface area contributed by atoms with Crippen LogP contribution in [0, 0.1) is 0 Å². The second kappa shape index (κ2) is 24.3. The van der Waals surface area contributed by atoms with Crippen molar-refractivity contribution >= 4 is 85.3 Å². The minimum absolute atomic E-state index is 0.0560. The maximum absolute atomic E-state index is 13.8. The minimum atomic E-state index is -4.61. The van der Waals surface area contributed by atoms with Crippen molar-refractivity contribution in [3.05, 3.63) is 136 Å². The van der Waals surface area contributed by atoms with Gasteiger partial charge >= 0.3 is 0 Å². The van der Waals surface area contributed by atoms with E-state index in [0.717, 1.165) is 61.6 Å². The Morgan fingerprint density at radius 2 is 1.40 bits per heavy atom. The molecular weight excluding hydrogens is 953 g/mol. The van der Waals surface area contributed by atoms with Crippen LogP contribution in [0.5, 0.6) is 0 Å². The summed E-state index contributed by atoms with van der Waals surface area (Å²) in [6.07, 6.45) is 10.8. The predicted octanol–water partition coefficient (Wildman–Crippen LogP) is 7.62. The van der Waals surface area contributed by atoms with Crippen molar-refractivity contribution in [2.45, 2.75) is 104 Å². The van der Waals surface area contributed by atoms with Gasteiger partial charge < -0.3 is 26.2 Å². The van der Waals surface area contributed by atoms with Gasteiger partial charge in [0.05, 0.1) is 11.8 Å². The first-order valence-electron chi connectivity index (χ1n) is 25.4. The molecule has 15 heteroatoms. The lowest BCUT2D eigenvalue weighted by molar-refractivity contribution is -0.462. The molecule has 73 heavy (non-hydrogen) atoms. The van der Waals surface area contributed by atoms with Gasteiger partial charge in [0.2, 0.25) is 11.8 Å². The van der Waals surface area contributed by atoms with Crippen molar-refractivity contribution in [1.29, 1.82) is 0 Å². The fourth-order valence-corrected chi connectivity index (χ4v) is 13.6. The number of nitrogens with zero attached hydrogens (tertiary/aromatic N) is 2. The Labute approximate surface area is 433 Å². The summed E-state index contributed by atoms with van der Waals surface area (Å²) in [6, 6.07) is 19.6. The van der Waals surface area contributed by atoms with Gasteiger partial charge in [-0.3, -0.25) is 23.7 Å². The summed E-state index contributed by atoms with van der Waals surface area (Å²) in [5.74, 6) is -1.59. The van der Waals surface area contributed by atoms with Crippen LogP contribution >= 0.6 is 0 Å². The molecule has 1 heterocycles. The number of allylic oxidation sites excluding steroid dienone is 6. The SMILES string of the molecule is C=C(C)C(=O)CCCCCC(=O)C(CC)NCc1c2ccccc2c(CNC(CS(=O)(=O)O)C(=O)NCCCNC(=O)C(=C)C)c2cc(C3=C4C=CC(=[N+](C)C)C=C4[Si](C)(C)c4cc(N(C)C)ccc43)ccc12. The number of rotatable bonds is 25. The van der Waals surface area contributed by atoms with Gasteiger partial charge in [-0.2, -0.15) is 8.42 Å². The fraction of sp³-hybridized carbons (Fsp3) is 0.397. The summed E-state index contributed by atoms with van der Waals surface area (Å²) in [5.41, 5.74) is 9.42. The highest BCUT2D eigenvalue weighted by molar-refractivity contribution is 7.85. The van der Waals surface area contributed by atoms with E-state index in [9.17, 15) is 32.1 Å². The van der Waals surface area contributed by atoms with E-state index in [1.165, 1.54) is 21.5 Å². The van der Waals surface area contributed by atoms with Crippen LogP contribution in [0.15, 0.2) is 114 Å². The van der Waals surface area contributed by atoms with Gasteiger partial charge in [0.15, 0.2) is 11.5 Å². The van der Waals surface area contributed by atoms with E-state index in [-0.39, 0.29) is 37.1 Å². The Morgan fingerprint density at radius 1 is 0.767 bits per heavy atom. The van der Waals surface area contributed by atoms with Crippen LogP contribution in [-0.2, 0) is 42.4 Å². The molecule has 388 valence electrons. The van der Waals surface area contributed by atoms with Crippen LogP contribution in [0.3, 0.4) is 0 Å². The lowest BCUT2D eigenvalue weighted by Crippen LogP contribution is -2.49. The lowest BCUT2D eigenvalue weighted by atomic mass is 9.85. The number of hydrogen-bond donors (Lipinski definition) is 5. The summed E-state index contributed by atoms with van der Waals surface area (Å²) in [5, 5.41) is 18.7. The number of hydrogen-bond acceptors (Lipinski definition) is 9. The largest absolute Gasteiger partial charge is 0.378 e. The Balaban J connectivity index is 1.47. The van der Waals surface area contributed by atoms with E-state index in [1.54, 1.807) is 13.8 Å². The molecule has 2 amide bonds. The van der Waals surface area contributed by atoms with Crippen molar-refractivity contribution < 1.29 is 36.7 Å². The molecule has 6 rings (SSSR count). The van der Waals surface area contributed by atoms with Crippen LogP contribution in [0.2, 0.25) is 13.1 Å². The van der Waals surface area contributed by atoms with Gasteiger partial charge in [-0.05, 0) is 135 Å². The van der Waals surface area contributed by atoms with E-state index < -0.39 is 41.9 Å². The first-order chi connectivity index (χ1) is 34.5. The number of benzene rings is 4. The fourth-order valence-electron chi connectivity index (χ4n) is 9.88. The second-order valence-electron chi connectivity index (χ2n) is 20.4. The highest BCUT2D eigenvalue weighted by atomic mass is 32.2. The molecule has 0 bridgehead atoms. The third kappa shape index (κ3) is 13.6. The molecule has 13 nitrogen and oxygen atoms in total. The summed E-state index contributed by atoms with van der Waals surface area (Å²) >= 11 is 0. The van der Waals surface area contributed by atoms with Crippen LogP contribution < -0.4 is 31.4 Å². The highest BCUT2D eigenvalue weighted by Crippen LogP contribution is 2.44. The van der Waals surface area contributed by atoms with Gasteiger partial charge in [-0.25, -0.2) is 4.58 Å². The van der Waals surface area contributed by atoms with Gasteiger partial charge in [0, 0.05) is 76.5 Å². The van der Waals surface area contributed by atoms with E-state index >= 15 is 0 Å². The maximum Gasteiger partial charge on any atom is 0.266 e. The van der Waals surface area contributed by atoms with E-state index in [0.29, 0.717) is 56.2 Å². The smallest absolute Gasteiger partial charge is 0.266 e. The van der Waals surface area contributed by atoms with Crippen LogP contribution in [0.1, 0.15) is 88.0 Å². The number of amides is 2. The molecule has 1 aliphatic carbocycles. The third-order valence-corrected chi connectivity index (χ3v) is 18.4. The topological polar surface area (TPSA) is 177 Å². The molecular formula is C58H75N6O7SSi+. The van der Waals surface area contributed by atoms with Gasteiger partial charge in [-0.1, -0.05) is 82.1 Å². The number of unbranched alkanes of at least 4 members (excludes halogenated alkanes) is 2. The molecule has 4 aromatic rings. The molecule has 5 N–H and O–H groups in total. The molecule has 0 radical (unpaired) electrons. The zero-order valence-corrected chi connectivity index (χ0v) is 46.1. The van der Waals surface area contributed by atoms with E-state index in [2.05, 4.69) is 140 Å². The Hall–Kier alpha value is -6.10. The highest BCUT2D eigenvalue weighted by Gasteiger charge is 2.40. The van der Waals surface area contributed by atoms with Crippen LogP contribution in [-0.4, -0.2) is 114 Å². The quantitative estimate of drug-likeness (QED) is 0.0111. The summed E-state index contributed by atoms with van der Waals surface area (Å²) in [7, 11) is 1.35. The van der Waals surface area contributed by atoms with Gasteiger partial charge in [0.1, 0.15) is 34.0 Å². The Bertz CT molecular complexity index is 3090. The average molecular weight is 1030 g/mol. The molecule has 0 aromatic heterocycles. The van der Waals surface area contributed by atoms with Crippen molar-refractivity contribution in [1.82, 2.24) is 21.3 Å². The van der Waals surface area contributed by atoms with Crippen molar-refractivity contribution in [2.75, 3.05) is 51.9 Å². The Morgan fingerprint density at radius 3 is 2.01 bits per heavy atom. The van der Waals surface area contributed by atoms with Crippen LogP contribution in [0.4, 0.5) is 5.69 Å². The van der Waals surface area contributed by atoms with Gasteiger partial charge in [-0.15, -0.1) is 0 Å². The van der Waals surface area contributed by atoms with Gasteiger partial charge in [0.25, 0.3) is 10.1 Å². The van der Waals surface area contributed by atoms with E-state index in [4.69, 9.17) is 0 Å². The number of carbonyl (C=O) groups is 4. The maximum atomic E-state index is 13.8. The standard InChI is InChI=1S/C58H74N6O7SSi/c1-12-50(53(66)22-15-13-14-21-52(65)37(2)3)61-34-48-42-19-16-17-20-43(42)49(35-62-51(36-72(69,70)71)58(68)60-30-18-29-59-57(67)38(4)5)47-31-39(23-26-44(47)48)56-45-27-24-40(63(6)7)32-54(45)73(10,11)55-33-41(64(8)9)25-28-46(55)56/h16-17,19-20,23-28,31-33,50-51,61-62H,2,4,12-15,18,21-22,29-30,34-36H2,1,3,5-11H3,(H2-,59,60,67,68,69,70,71)/p+1. The molecule has 0 saturated heterocycles. The molecule has 2 unspecified atom stereocenters. The molecule has 2 aliphatic rings. The normalized spacial score (nSPS) is 14.8. The number of Topliss-reactive ketones (excluding diaryl/α,β-unsaturated/α-hetero) is 2. The minimum Gasteiger partial charge on any atom is -0.378 e. The molecule has 0 saturated carbocycles. The monoisotopic (exact) mass is 1030 g/mol. The summed E-state index contributed by atoms with van der Waals surface area (Å²) in [4.78, 5) is 53.8. The number of fused-ring (bicyclic) bond motifs is 4. The zero-order chi connectivity index (χ0) is 53.4. The summed E-state index contributed by atoms with van der Waals surface area (Å²) in [6.45, 7) is 18.4. The number of carbonyl (C=O) groups excluding carboxylic acids is 4. The first kappa shape index (κ1) is 56.2. The lowest BCUT2D eigenvalue weighted by Gasteiger charge is -2.38. The third-order valence-electron chi connectivity index (χ3n) is 14.1.